The quantitative estimate of drug-likeness (QED) is 0.403. The maximum Gasteiger partial charge on any atom is 0.253 e. The maximum absolute atomic E-state index is 12.8. The fourth-order valence-electron chi connectivity index (χ4n) is 3.41. The normalized spacial score (nSPS) is 13.4. The summed E-state index contributed by atoms with van der Waals surface area (Å²) >= 11 is 3.00. The number of thiophene rings is 1. The number of thioether (sulfide) groups is 1. The van der Waals surface area contributed by atoms with Gasteiger partial charge in [0.15, 0.2) is 11.0 Å². The van der Waals surface area contributed by atoms with Crippen LogP contribution >= 0.6 is 23.1 Å². The number of hydrazone groups is 1. The summed E-state index contributed by atoms with van der Waals surface area (Å²) in [6, 6.07) is 24.0. The molecule has 0 saturated carbocycles. The van der Waals surface area contributed by atoms with Crippen molar-refractivity contribution in [3.8, 4) is 16.4 Å². The first-order valence-electron chi connectivity index (χ1n) is 9.90. The molecule has 5 rings (SSSR count). The number of carbonyl (C=O) groups is 1. The van der Waals surface area contributed by atoms with Gasteiger partial charge in [-0.2, -0.15) is 5.10 Å². The molecule has 8 heteroatoms. The van der Waals surface area contributed by atoms with Gasteiger partial charge in [0.05, 0.1) is 22.9 Å². The van der Waals surface area contributed by atoms with Crippen LogP contribution in [-0.4, -0.2) is 43.7 Å². The summed E-state index contributed by atoms with van der Waals surface area (Å²) in [6.07, 6.45) is 0.767. The second-order valence-corrected chi connectivity index (χ2v) is 8.81. The van der Waals surface area contributed by atoms with E-state index < -0.39 is 0 Å². The number of aromatic nitrogens is 3. The Bertz CT molecular complexity index is 1200. The highest BCUT2D eigenvalue weighted by molar-refractivity contribution is 7.99. The fourth-order valence-corrected chi connectivity index (χ4v) is 4.93. The average molecular weight is 446 g/mol. The molecular formula is C23H19N5OS2. The molecule has 4 aromatic rings. The molecule has 154 valence electrons. The zero-order valence-corrected chi connectivity index (χ0v) is 18.2. The third-order valence-electron chi connectivity index (χ3n) is 4.91. The van der Waals surface area contributed by atoms with Crippen LogP contribution in [0.15, 0.2) is 88.4 Å². The van der Waals surface area contributed by atoms with Crippen LogP contribution in [0.1, 0.15) is 12.0 Å². The van der Waals surface area contributed by atoms with Crippen molar-refractivity contribution in [2.24, 2.45) is 5.10 Å². The highest BCUT2D eigenvalue weighted by atomic mass is 32.2. The first kappa shape index (κ1) is 19.7. The van der Waals surface area contributed by atoms with E-state index in [0.717, 1.165) is 34.1 Å². The predicted octanol–water partition coefficient (Wildman–Crippen LogP) is 4.72. The van der Waals surface area contributed by atoms with Crippen LogP contribution in [0.4, 0.5) is 0 Å². The largest absolute Gasteiger partial charge is 0.272 e. The fraction of sp³-hybridized carbons (Fsp3) is 0.130. The Kier molecular flexibility index (Phi) is 5.64. The van der Waals surface area contributed by atoms with Crippen molar-refractivity contribution in [2.45, 2.75) is 11.6 Å². The molecule has 0 atom stereocenters. The van der Waals surface area contributed by atoms with Gasteiger partial charge >= 0.3 is 0 Å². The number of carbonyl (C=O) groups excluding carboxylic acids is 1. The van der Waals surface area contributed by atoms with E-state index in [4.69, 9.17) is 0 Å². The minimum Gasteiger partial charge on any atom is -0.272 e. The SMILES string of the molecule is O=C(CSc1nnc(-c2cccs2)n1-c1ccccc1)N1CCC(c2ccccc2)=N1. The molecule has 0 aliphatic carbocycles. The highest BCUT2D eigenvalue weighted by Crippen LogP contribution is 2.30. The number of para-hydroxylation sites is 1. The molecule has 2 aromatic heterocycles. The molecule has 0 saturated heterocycles. The third-order valence-corrected chi connectivity index (χ3v) is 6.69. The zero-order valence-electron chi connectivity index (χ0n) is 16.6. The molecule has 0 fully saturated rings. The van der Waals surface area contributed by atoms with E-state index in [1.54, 1.807) is 16.3 Å². The molecule has 0 unspecified atom stereocenters. The van der Waals surface area contributed by atoms with Crippen molar-refractivity contribution < 1.29 is 4.79 Å². The third kappa shape index (κ3) is 4.17. The molecule has 0 bridgehead atoms. The average Bonchev–Trinajstić information content (AvgIpc) is 3.59. The lowest BCUT2D eigenvalue weighted by Gasteiger charge is -2.12. The number of rotatable bonds is 6. The number of nitrogens with zero attached hydrogens (tertiary/aromatic N) is 5. The van der Waals surface area contributed by atoms with Crippen molar-refractivity contribution in [2.75, 3.05) is 12.3 Å². The summed E-state index contributed by atoms with van der Waals surface area (Å²) in [4.78, 5) is 13.9. The number of benzene rings is 2. The van der Waals surface area contributed by atoms with Gasteiger partial charge in [-0.1, -0.05) is 66.4 Å². The lowest BCUT2D eigenvalue weighted by molar-refractivity contribution is -0.127. The van der Waals surface area contributed by atoms with E-state index >= 15 is 0 Å². The Hall–Kier alpha value is -3.23. The van der Waals surface area contributed by atoms with Gasteiger partial charge < -0.3 is 0 Å². The molecule has 2 aromatic carbocycles. The molecule has 3 heterocycles. The predicted molar refractivity (Wildman–Crippen MR) is 125 cm³/mol. The maximum atomic E-state index is 12.8. The molecule has 0 radical (unpaired) electrons. The smallest absolute Gasteiger partial charge is 0.253 e. The van der Waals surface area contributed by atoms with Crippen LogP contribution in [0.5, 0.6) is 0 Å². The van der Waals surface area contributed by atoms with Crippen LogP contribution < -0.4 is 0 Å². The van der Waals surface area contributed by atoms with Crippen LogP contribution in [0.3, 0.4) is 0 Å². The molecule has 0 N–H and O–H groups in total. The molecule has 6 nitrogen and oxygen atoms in total. The molecule has 0 spiro atoms. The number of amides is 1. The summed E-state index contributed by atoms with van der Waals surface area (Å²) in [5, 5.41) is 17.6. The standard InChI is InChI=1S/C23H19N5OS2/c29-21(27-14-13-19(26-27)17-8-3-1-4-9-17)16-31-23-25-24-22(20-12-7-15-30-20)28(23)18-10-5-2-6-11-18/h1-12,15H,13-14,16H2. The summed E-state index contributed by atoms with van der Waals surface area (Å²) in [6.45, 7) is 0.607. The monoisotopic (exact) mass is 445 g/mol. The second kappa shape index (κ2) is 8.87. The summed E-state index contributed by atoms with van der Waals surface area (Å²) in [5.74, 6) is 0.999. The Morgan fingerprint density at radius 1 is 0.968 bits per heavy atom. The number of hydrogen-bond acceptors (Lipinski definition) is 6. The summed E-state index contributed by atoms with van der Waals surface area (Å²) < 4.78 is 2.01. The molecule has 1 amide bonds. The van der Waals surface area contributed by atoms with E-state index in [-0.39, 0.29) is 11.7 Å². The van der Waals surface area contributed by atoms with Crippen molar-refractivity contribution >= 4 is 34.7 Å². The van der Waals surface area contributed by atoms with Crippen molar-refractivity contribution in [3.05, 3.63) is 83.7 Å². The highest BCUT2D eigenvalue weighted by Gasteiger charge is 2.23. The minimum atomic E-state index is -0.0313. The lowest BCUT2D eigenvalue weighted by Crippen LogP contribution is -2.25. The Balaban J connectivity index is 1.35. The Morgan fingerprint density at radius 2 is 1.74 bits per heavy atom. The van der Waals surface area contributed by atoms with Gasteiger partial charge in [0.25, 0.3) is 5.91 Å². The van der Waals surface area contributed by atoms with Crippen LogP contribution in [0.25, 0.3) is 16.4 Å². The minimum absolute atomic E-state index is 0.0313. The van der Waals surface area contributed by atoms with E-state index in [0.29, 0.717) is 11.7 Å². The van der Waals surface area contributed by atoms with E-state index in [1.807, 2.05) is 82.7 Å². The van der Waals surface area contributed by atoms with Gasteiger partial charge in [0.1, 0.15) is 0 Å². The van der Waals surface area contributed by atoms with E-state index in [2.05, 4.69) is 15.3 Å². The Labute approximate surface area is 188 Å². The van der Waals surface area contributed by atoms with Crippen molar-refractivity contribution in [1.29, 1.82) is 0 Å². The zero-order chi connectivity index (χ0) is 21.0. The van der Waals surface area contributed by atoms with Crippen LogP contribution in [0, 0.1) is 0 Å². The summed E-state index contributed by atoms with van der Waals surface area (Å²) in [5.41, 5.74) is 2.98. The molecule has 1 aliphatic heterocycles. The van der Waals surface area contributed by atoms with Gasteiger partial charge in [-0.05, 0) is 29.1 Å². The first-order valence-corrected chi connectivity index (χ1v) is 11.8. The topological polar surface area (TPSA) is 63.4 Å². The van der Waals surface area contributed by atoms with Gasteiger partial charge in [-0.3, -0.25) is 9.36 Å². The molecular weight excluding hydrogens is 426 g/mol. The summed E-state index contributed by atoms with van der Waals surface area (Å²) in [7, 11) is 0. The van der Waals surface area contributed by atoms with E-state index in [1.165, 1.54) is 11.8 Å². The Morgan fingerprint density at radius 3 is 2.48 bits per heavy atom. The second-order valence-electron chi connectivity index (χ2n) is 6.92. The van der Waals surface area contributed by atoms with Gasteiger partial charge in [0, 0.05) is 12.1 Å². The van der Waals surface area contributed by atoms with Crippen molar-refractivity contribution in [3.63, 3.8) is 0 Å². The lowest BCUT2D eigenvalue weighted by atomic mass is 10.1. The first-order chi connectivity index (χ1) is 15.3. The van der Waals surface area contributed by atoms with E-state index in [9.17, 15) is 4.79 Å². The number of hydrogen-bond donors (Lipinski definition) is 0. The van der Waals surface area contributed by atoms with Gasteiger partial charge in [-0.15, -0.1) is 21.5 Å². The van der Waals surface area contributed by atoms with Gasteiger partial charge in [0.2, 0.25) is 0 Å². The van der Waals surface area contributed by atoms with Crippen LogP contribution in [0.2, 0.25) is 0 Å². The molecule has 1 aliphatic rings. The van der Waals surface area contributed by atoms with Gasteiger partial charge in [-0.25, -0.2) is 5.01 Å². The van der Waals surface area contributed by atoms with Crippen molar-refractivity contribution in [1.82, 2.24) is 19.8 Å². The molecule has 31 heavy (non-hydrogen) atoms. The van der Waals surface area contributed by atoms with Crippen LogP contribution in [-0.2, 0) is 4.79 Å².